The molecular formula is C2H6LiNO5. The summed E-state index contributed by atoms with van der Waals surface area (Å²) in [6.45, 7) is -0.250. The zero-order valence-electron chi connectivity index (χ0n) is 4.98. The van der Waals surface area contributed by atoms with Gasteiger partial charge in [-0.15, -0.1) is 0 Å². The van der Waals surface area contributed by atoms with E-state index in [0.717, 1.165) is 0 Å². The van der Waals surface area contributed by atoms with Crippen molar-refractivity contribution in [3.05, 3.63) is 15.3 Å². The first-order valence-corrected chi connectivity index (χ1v) is 1.68. The van der Waals surface area contributed by atoms with Gasteiger partial charge in [-0.2, -0.15) is 0 Å². The molecule has 0 aromatic heterocycles. The third kappa shape index (κ3) is 490. The van der Waals surface area contributed by atoms with Crippen molar-refractivity contribution in [1.82, 2.24) is 0 Å². The first-order chi connectivity index (χ1) is 3.65. The Kier molecular flexibility index (Phi) is 27.6. The molecule has 50 valence electrons. The van der Waals surface area contributed by atoms with Crippen LogP contribution in [0.3, 0.4) is 0 Å². The number of rotatable bonds is 1. The molecule has 0 radical (unpaired) electrons. The minimum atomic E-state index is -1.75. The zero-order valence-corrected chi connectivity index (χ0v) is 4.98. The van der Waals surface area contributed by atoms with E-state index >= 15 is 0 Å². The van der Waals surface area contributed by atoms with Crippen molar-refractivity contribution in [3.63, 3.8) is 0 Å². The molecule has 9 heavy (non-hydrogen) atoms. The maximum atomic E-state index is 8.25. The predicted molar refractivity (Wildman–Crippen MR) is 24.5 cm³/mol. The number of aliphatic hydroxyl groups is 2. The molecule has 0 spiro atoms. The minimum Gasteiger partial charge on any atom is -0.394 e. The van der Waals surface area contributed by atoms with Crippen molar-refractivity contribution >= 4 is 0 Å². The van der Waals surface area contributed by atoms with Crippen molar-refractivity contribution in [1.29, 1.82) is 0 Å². The predicted octanol–water partition coefficient (Wildman–Crippen LogP) is -4.26. The molecule has 0 fully saturated rings. The second kappa shape index (κ2) is 15.6. The van der Waals surface area contributed by atoms with Crippen LogP contribution in [0.2, 0.25) is 0 Å². The van der Waals surface area contributed by atoms with Crippen LogP contribution < -0.4 is 18.9 Å². The van der Waals surface area contributed by atoms with Crippen LogP contribution in [0.15, 0.2) is 0 Å². The third-order valence-electron chi connectivity index (χ3n) is 0.1000. The van der Waals surface area contributed by atoms with Crippen molar-refractivity contribution in [2.75, 3.05) is 13.2 Å². The molecule has 0 aromatic carbocycles. The molecule has 0 bridgehead atoms. The van der Waals surface area contributed by atoms with Gasteiger partial charge in [0.2, 0.25) is 0 Å². The van der Waals surface area contributed by atoms with Gasteiger partial charge in [-0.1, -0.05) is 0 Å². The van der Waals surface area contributed by atoms with Gasteiger partial charge in [-0.25, -0.2) is 0 Å². The summed E-state index contributed by atoms with van der Waals surface area (Å²) in [7, 11) is 0. The Balaban J connectivity index is -0.0000000720. The molecular weight excluding hydrogens is 125 g/mol. The van der Waals surface area contributed by atoms with E-state index in [9.17, 15) is 0 Å². The van der Waals surface area contributed by atoms with Crippen molar-refractivity contribution in [3.8, 4) is 0 Å². The van der Waals surface area contributed by atoms with E-state index in [1.807, 2.05) is 0 Å². The molecule has 7 heteroatoms. The Morgan fingerprint density at radius 2 is 1.33 bits per heavy atom. The Hall–Kier alpha value is -0.283. The van der Waals surface area contributed by atoms with Crippen molar-refractivity contribution < 1.29 is 34.2 Å². The quantitative estimate of drug-likeness (QED) is 0.213. The summed E-state index contributed by atoms with van der Waals surface area (Å²) in [4.78, 5) is 8.25. The molecule has 0 aliphatic rings. The summed E-state index contributed by atoms with van der Waals surface area (Å²) in [5.41, 5.74) is 0. The van der Waals surface area contributed by atoms with Gasteiger partial charge in [-0.05, 0) is 0 Å². The van der Waals surface area contributed by atoms with Gasteiger partial charge in [0.1, 0.15) is 0 Å². The van der Waals surface area contributed by atoms with Gasteiger partial charge in [0.05, 0.1) is 18.3 Å². The molecule has 6 nitrogen and oxygen atoms in total. The maximum absolute atomic E-state index is 8.25. The van der Waals surface area contributed by atoms with Crippen LogP contribution in [0.4, 0.5) is 0 Å². The second-order valence-electron chi connectivity index (χ2n) is 0.671. The van der Waals surface area contributed by atoms with Crippen LogP contribution >= 0.6 is 0 Å². The fourth-order valence-corrected chi connectivity index (χ4v) is 0. The third-order valence-corrected chi connectivity index (χ3v) is 0.1000. The smallest absolute Gasteiger partial charge is 0.394 e. The molecule has 0 unspecified atom stereocenters. The van der Waals surface area contributed by atoms with Crippen molar-refractivity contribution in [2.24, 2.45) is 0 Å². The number of aliphatic hydroxyl groups excluding tert-OH is 2. The normalized spacial score (nSPS) is 6.00. The van der Waals surface area contributed by atoms with E-state index in [2.05, 4.69) is 0 Å². The molecule has 0 rings (SSSR count). The van der Waals surface area contributed by atoms with Crippen LogP contribution in [0.5, 0.6) is 0 Å². The molecule has 0 saturated carbocycles. The van der Waals surface area contributed by atoms with Gasteiger partial charge in [0.15, 0.2) is 0 Å². The largest absolute Gasteiger partial charge is 1.00 e. The van der Waals surface area contributed by atoms with Crippen LogP contribution in [-0.2, 0) is 0 Å². The van der Waals surface area contributed by atoms with Gasteiger partial charge in [0, 0.05) is 0 Å². The Bertz CT molecular complexity index is 52.9. The second-order valence-corrected chi connectivity index (χ2v) is 0.671. The first kappa shape index (κ1) is 15.9. The molecule has 0 aromatic rings. The van der Waals surface area contributed by atoms with Crippen molar-refractivity contribution in [2.45, 2.75) is 0 Å². The first-order valence-electron chi connectivity index (χ1n) is 1.68. The number of nitrogens with zero attached hydrogens (tertiary/aromatic N) is 1. The van der Waals surface area contributed by atoms with Gasteiger partial charge < -0.3 is 25.5 Å². The summed E-state index contributed by atoms with van der Waals surface area (Å²) in [6.07, 6.45) is 0. The van der Waals surface area contributed by atoms with Crippen LogP contribution in [0.1, 0.15) is 0 Å². The fraction of sp³-hybridized carbons (Fsp3) is 1.00. The van der Waals surface area contributed by atoms with E-state index < -0.39 is 5.09 Å². The summed E-state index contributed by atoms with van der Waals surface area (Å²) in [5, 5.41) is 30.0. The molecule has 2 N–H and O–H groups in total. The SMILES string of the molecule is O=[N+]([O-])[O-].OCCO.[Li+]. The summed E-state index contributed by atoms with van der Waals surface area (Å²) in [6, 6.07) is 0. The average Bonchev–Trinajstić information content (AvgIpc) is 1.65. The topological polar surface area (TPSA) is 107 Å². The van der Waals surface area contributed by atoms with Crippen LogP contribution in [-0.4, -0.2) is 28.5 Å². The van der Waals surface area contributed by atoms with E-state index in [1.165, 1.54) is 0 Å². The summed E-state index contributed by atoms with van der Waals surface area (Å²) < 4.78 is 0. The Morgan fingerprint density at radius 1 is 1.22 bits per heavy atom. The minimum absolute atomic E-state index is 0. The van der Waals surface area contributed by atoms with E-state index in [-0.39, 0.29) is 32.1 Å². The number of hydrogen-bond donors (Lipinski definition) is 2. The standard InChI is InChI=1S/C2H6O2.Li.NO3/c3-1-2-4;;2-1(3)4/h3-4H,1-2H2;;/q;+1;-1. The summed E-state index contributed by atoms with van der Waals surface area (Å²) >= 11 is 0. The zero-order chi connectivity index (χ0) is 6.99. The summed E-state index contributed by atoms with van der Waals surface area (Å²) in [5.74, 6) is 0. The molecule has 0 amide bonds. The molecule has 0 aliphatic heterocycles. The molecule has 0 aliphatic carbocycles. The molecule has 0 saturated heterocycles. The number of hydrogen-bond acceptors (Lipinski definition) is 5. The van der Waals surface area contributed by atoms with E-state index in [0.29, 0.717) is 0 Å². The van der Waals surface area contributed by atoms with Gasteiger partial charge in [0.25, 0.3) is 0 Å². The van der Waals surface area contributed by atoms with Crippen LogP contribution in [0.25, 0.3) is 0 Å². The fourth-order valence-electron chi connectivity index (χ4n) is 0. The Labute approximate surface area is 63.4 Å². The van der Waals surface area contributed by atoms with Gasteiger partial charge in [-0.3, -0.25) is 0 Å². The van der Waals surface area contributed by atoms with Crippen LogP contribution in [0, 0.1) is 15.3 Å². The average molecular weight is 131 g/mol. The molecule has 0 atom stereocenters. The monoisotopic (exact) mass is 131 g/mol. The van der Waals surface area contributed by atoms with E-state index in [4.69, 9.17) is 25.5 Å². The van der Waals surface area contributed by atoms with Gasteiger partial charge >= 0.3 is 18.9 Å². The van der Waals surface area contributed by atoms with E-state index in [1.54, 1.807) is 0 Å². The Morgan fingerprint density at radius 3 is 1.33 bits per heavy atom. The molecule has 0 heterocycles. The maximum Gasteiger partial charge on any atom is 1.00 e.